The van der Waals surface area contributed by atoms with Crippen LogP contribution in [0.25, 0.3) is 0 Å². The molecule has 0 saturated heterocycles. The minimum absolute atomic E-state index is 0.508. The standard InChI is InChI=1S/C10H20N4O2S/c1-10(2,13-17(4,15)16)7-11-5-9-6-12-8-14(9)3/h6,8,11,13H,5,7H2,1-4H3. The van der Waals surface area contributed by atoms with Crippen molar-refractivity contribution in [2.75, 3.05) is 12.8 Å². The Morgan fingerprint density at radius 3 is 2.59 bits per heavy atom. The first-order chi connectivity index (χ1) is 7.70. The van der Waals surface area contributed by atoms with Crippen LogP contribution in [0.3, 0.4) is 0 Å². The Morgan fingerprint density at radius 2 is 2.12 bits per heavy atom. The molecular weight excluding hydrogens is 240 g/mol. The molecule has 1 rings (SSSR count). The number of aryl methyl sites for hydroxylation is 1. The van der Waals surface area contributed by atoms with E-state index < -0.39 is 15.6 Å². The summed E-state index contributed by atoms with van der Waals surface area (Å²) >= 11 is 0. The topological polar surface area (TPSA) is 76.0 Å². The highest BCUT2D eigenvalue weighted by molar-refractivity contribution is 7.88. The number of aromatic nitrogens is 2. The molecule has 2 N–H and O–H groups in total. The second kappa shape index (κ2) is 5.16. The van der Waals surface area contributed by atoms with Gasteiger partial charge in [-0.25, -0.2) is 18.1 Å². The average Bonchev–Trinajstić information content (AvgIpc) is 2.47. The van der Waals surface area contributed by atoms with E-state index in [9.17, 15) is 8.42 Å². The SMILES string of the molecule is Cn1cncc1CNCC(C)(C)NS(C)(=O)=O. The zero-order valence-electron chi connectivity index (χ0n) is 10.7. The summed E-state index contributed by atoms with van der Waals surface area (Å²) < 4.78 is 26.8. The maximum absolute atomic E-state index is 11.1. The van der Waals surface area contributed by atoms with Crippen LogP contribution >= 0.6 is 0 Å². The van der Waals surface area contributed by atoms with E-state index in [1.165, 1.54) is 0 Å². The maximum Gasteiger partial charge on any atom is 0.209 e. The molecule has 0 spiro atoms. The molecule has 0 saturated carbocycles. The predicted molar refractivity (Wildman–Crippen MR) is 67.0 cm³/mol. The van der Waals surface area contributed by atoms with Crippen LogP contribution in [0.15, 0.2) is 12.5 Å². The molecule has 0 aliphatic heterocycles. The van der Waals surface area contributed by atoms with Crippen LogP contribution in [0.4, 0.5) is 0 Å². The van der Waals surface area contributed by atoms with E-state index in [0.29, 0.717) is 13.1 Å². The Bertz CT molecular complexity index is 464. The van der Waals surface area contributed by atoms with Crippen molar-refractivity contribution < 1.29 is 8.42 Å². The van der Waals surface area contributed by atoms with E-state index in [1.807, 2.05) is 25.5 Å². The minimum atomic E-state index is -3.18. The Morgan fingerprint density at radius 1 is 1.47 bits per heavy atom. The Labute approximate surface area is 102 Å². The van der Waals surface area contributed by atoms with Crippen LogP contribution in [0, 0.1) is 0 Å². The van der Waals surface area contributed by atoms with Crippen molar-refractivity contribution in [1.82, 2.24) is 19.6 Å². The minimum Gasteiger partial charge on any atom is -0.337 e. The monoisotopic (exact) mass is 260 g/mol. The van der Waals surface area contributed by atoms with Crippen LogP contribution in [0.1, 0.15) is 19.5 Å². The quantitative estimate of drug-likeness (QED) is 0.745. The summed E-state index contributed by atoms with van der Waals surface area (Å²) in [5.74, 6) is 0. The van der Waals surface area contributed by atoms with Crippen molar-refractivity contribution in [3.05, 3.63) is 18.2 Å². The maximum atomic E-state index is 11.1. The summed E-state index contributed by atoms with van der Waals surface area (Å²) in [6.07, 6.45) is 4.68. The lowest BCUT2D eigenvalue weighted by molar-refractivity contribution is 0.418. The number of sulfonamides is 1. The van der Waals surface area contributed by atoms with Gasteiger partial charge in [0.2, 0.25) is 10.0 Å². The summed E-state index contributed by atoms with van der Waals surface area (Å²) in [5.41, 5.74) is 0.548. The Hall–Kier alpha value is -0.920. The average molecular weight is 260 g/mol. The summed E-state index contributed by atoms with van der Waals surface area (Å²) in [6, 6.07) is 0. The van der Waals surface area contributed by atoms with Crippen molar-refractivity contribution in [1.29, 1.82) is 0 Å². The number of hydrogen-bond acceptors (Lipinski definition) is 4. The van der Waals surface area contributed by atoms with Crippen LogP contribution in [0.5, 0.6) is 0 Å². The molecule has 0 unspecified atom stereocenters. The molecule has 1 aromatic heterocycles. The highest BCUT2D eigenvalue weighted by Gasteiger charge is 2.21. The van der Waals surface area contributed by atoms with Gasteiger partial charge in [0, 0.05) is 31.9 Å². The molecule has 98 valence electrons. The second-order valence-corrected chi connectivity index (χ2v) is 6.61. The smallest absolute Gasteiger partial charge is 0.209 e. The molecule has 0 bridgehead atoms. The highest BCUT2D eigenvalue weighted by atomic mass is 32.2. The Balaban J connectivity index is 2.43. The fraction of sp³-hybridized carbons (Fsp3) is 0.700. The highest BCUT2D eigenvalue weighted by Crippen LogP contribution is 2.03. The summed E-state index contributed by atoms with van der Waals surface area (Å²) in [6.45, 7) is 4.88. The first-order valence-electron chi connectivity index (χ1n) is 5.34. The number of rotatable bonds is 6. The van der Waals surface area contributed by atoms with Gasteiger partial charge in [0.25, 0.3) is 0 Å². The van der Waals surface area contributed by atoms with Crippen LogP contribution < -0.4 is 10.0 Å². The third kappa shape index (κ3) is 5.29. The first-order valence-corrected chi connectivity index (χ1v) is 7.24. The van der Waals surface area contributed by atoms with Gasteiger partial charge in [0.1, 0.15) is 0 Å². The van der Waals surface area contributed by atoms with E-state index in [2.05, 4.69) is 15.0 Å². The molecule has 17 heavy (non-hydrogen) atoms. The van der Waals surface area contributed by atoms with Crippen molar-refractivity contribution in [2.45, 2.75) is 25.9 Å². The van der Waals surface area contributed by atoms with Gasteiger partial charge in [-0.05, 0) is 13.8 Å². The van der Waals surface area contributed by atoms with Crippen molar-refractivity contribution >= 4 is 10.0 Å². The third-order valence-electron chi connectivity index (χ3n) is 2.25. The van der Waals surface area contributed by atoms with E-state index in [0.717, 1.165) is 11.9 Å². The fourth-order valence-corrected chi connectivity index (χ4v) is 2.67. The van der Waals surface area contributed by atoms with Gasteiger partial charge in [-0.15, -0.1) is 0 Å². The van der Waals surface area contributed by atoms with E-state index in [4.69, 9.17) is 0 Å². The van der Waals surface area contributed by atoms with Gasteiger partial charge < -0.3 is 9.88 Å². The molecular formula is C10H20N4O2S. The molecule has 0 atom stereocenters. The van der Waals surface area contributed by atoms with Crippen LogP contribution in [0.2, 0.25) is 0 Å². The molecule has 0 aliphatic rings. The fourth-order valence-electron chi connectivity index (χ4n) is 1.60. The molecule has 7 heteroatoms. The van der Waals surface area contributed by atoms with Crippen molar-refractivity contribution in [3.63, 3.8) is 0 Å². The number of nitrogens with one attached hydrogen (secondary N) is 2. The second-order valence-electron chi connectivity index (χ2n) is 4.86. The van der Waals surface area contributed by atoms with Gasteiger partial charge >= 0.3 is 0 Å². The lowest BCUT2D eigenvalue weighted by Gasteiger charge is -2.25. The molecule has 0 aliphatic carbocycles. The van der Waals surface area contributed by atoms with Crippen molar-refractivity contribution in [2.24, 2.45) is 7.05 Å². The van der Waals surface area contributed by atoms with Crippen LogP contribution in [-0.2, 0) is 23.6 Å². The van der Waals surface area contributed by atoms with Gasteiger partial charge in [-0.3, -0.25) is 0 Å². The lowest BCUT2D eigenvalue weighted by Crippen LogP contribution is -2.49. The van der Waals surface area contributed by atoms with Crippen molar-refractivity contribution in [3.8, 4) is 0 Å². The number of nitrogens with zero attached hydrogens (tertiary/aromatic N) is 2. The number of imidazole rings is 1. The van der Waals surface area contributed by atoms with E-state index in [1.54, 1.807) is 12.5 Å². The molecule has 6 nitrogen and oxygen atoms in total. The summed E-state index contributed by atoms with van der Waals surface area (Å²) in [5, 5.41) is 3.20. The predicted octanol–water partition coefficient (Wildman–Crippen LogP) is -0.162. The van der Waals surface area contributed by atoms with Crippen LogP contribution in [-0.4, -0.2) is 36.3 Å². The largest absolute Gasteiger partial charge is 0.337 e. The molecule has 0 amide bonds. The zero-order valence-corrected chi connectivity index (χ0v) is 11.5. The molecule has 0 fully saturated rings. The first kappa shape index (κ1) is 14.1. The number of hydrogen-bond donors (Lipinski definition) is 2. The summed E-state index contributed by atoms with van der Waals surface area (Å²) in [4.78, 5) is 4.01. The third-order valence-corrected chi connectivity index (χ3v) is 3.17. The van der Waals surface area contributed by atoms with Gasteiger partial charge in [0.05, 0.1) is 18.3 Å². The molecule has 1 heterocycles. The molecule has 1 aromatic rings. The molecule has 0 radical (unpaired) electrons. The summed E-state index contributed by atoms with van der Waals surface area (Å²) in [7, 11) is -1.26. The van der Waals surface area contributed by atoms with Gasteiger partial charge in [-0.1, -0.05) is 0 Å². The normalized spacial score (nSPS) is 12.9. The lowest BCUT2D eigenvalue weighted by atomic mass is 10.1. The molecule has 0 aromatic carbocycles. The van der Waals surface area contributed by atoms with E-state index >= 15 is 0 Å². The van der Waals surface area contributed by atoms with Gasteiger partial charge in [0.15, 0.2) is 0 Å². The van der Waals surface area contributed by atoms with Gasteiger partial charge in [-0.2, -0.15) is 0 Å². The Kier molecular flexibility index (Phi) is 4.29. The van der Waals surface area contributed by atoms with E-state index in [-0.39, 0.29) is 0 Å². The zero-order chi connectivity index (χ0) is 13.1.